The molecule has 0 bridgehead atoms. The van der Waals surface area contributed by atoms with Gasteiger partial charge < -0.3 is 4.42 Å². The maximum Gasteiger partial charge on any atom is 0.221 e. The Morgan fingerprint density at radius 1 is 1.11 bits per heavy atom. The molecule has 2 aromatic rings. The third kappa shape index (κ3) is 3.37. The van der Waals surface area contributed by atoms with Crippen LogP contribution in [0.3, 0.4) is 0 Å². The van der Waals surface area contributed by atoms with Gasteiger partial charge in [0, 0.05) is 17.3 Å². The van der Waals surface area contributed by atoms with Crippen LogP contribution in [0.2, 0.25) is 0 Å². The molecule has 0 unspecified atom stereocenters. The maximum atomic E-state index is 5.71. The number of aryl methyl sites for hydroxylation is 1. The van der Waals surface area contributed by atoms with Crippen molar-refractivity contribution < 1.29 is 4.42 Å². The molecule has 0 amide bonds. The third-order valence-corrected chi connectivity index (χ3v) is 4.07. The molecule has 2 heterocycles. The Labute approximate surface area is 117 Å². The van der Waals surface area contributed by atoms with Gasteiger partial charge in [-0.05, 0) is 6.42 Å². The molecular weight excluding hydrogens is 260 g/mol. The highest BCUT2D eigenvalue weighted by Gasteiger charge is 2.26. The Balaban J connectivity index is 2.01. The number of hydrogen-bond donors (Lipinski definition) is 0. The lowest BCUT2D eigenvalue weighted by Gasteiger charge is -2.19. The quantitative estimate of drug-likeness (QED) is 0.861. The SMILES string of the molecule is CC(C)(C)c1nnc(CCC(C)(C)c2nncs2)o1. The van der Waals surface area contributed by atoms with Crippen molar-refractivity contribution in [3.8, 4) is 0 Å². The van der Waals surface area contributed by atoms with Crippen LogP contribution >= 0.6 is 11.3 Å². The maximum absolute atomic E-state index is 5.71. The van der Waals surface area contributed by atoms with Crippen LogP contribution in [0.15, 0.2) is 9.93 Å². The molecule has 0 saturated carbocycles. The van der Waals surface area contributed by atoms with Gasteiger partial charge in [0.25, 0.3) is 0 Å². The van der Waals surface area contributed by atoms with Gasteiger partial charge in [-0.15, -0.1) is 31.7 Å². The predicted molar refractivity (Wildman–Crippen MR) is 74.3 cm³/mol. The number of nitrogens with zero attached hydrogens (tertiary/aromatic N) is 4. The van der Waals surface area contributed by atoms with Crippen molar-refractivity contribution in [2.75, 3.05) is 0 Å². The molecule has 104 valence electrons. The van der Waals surface area contributed by atoms with Crippen LogP contribution in [-0.4, -0.2) is 20.4 Å². The van der Waals surface area contributed by atoms with Crippen molar-refractivity contribution in [1.82, 2.24) is 20.4 Å². The van der Waals surface area contributed by atoms with Gasteiger partial charge in [0.15, 0.2) is 0 Å². The van der Waals surface area contributed by atoms with Crippen LogP contribution < -0.4 is 0 Å². The summed E-state index contributed by atoms with van der Waals surface area (Å²) in [6.07, 6.45) is 1.67. The van der Waals surface area contributed by atoms with Crippen LogP contribution in [0.25, 0.3) is 0 Å². The van der Waals surface area contributed by atoms with Crippen molar-refractivity contribution in [1.29, 1.82) is 0 Å². The molecule has 2 rings (SSSR count). The topological polar surface area (TPSA) is 64.7 Å². The standard InChI is InChI=1S/C13H20N4OS/c1-12(2,3)10-16-15-9(18-10)6-7-13(4,5)11-17-14-8-19-11/h8H,6-7H2,1-5H3. The fourth-order valence-electron chi connectivity index (χ4n) is 1.65. The molecule has 0 fully saturated rings. The van der Waals surface area contributed by atoms with Gasteiger partial charge in [0.05, 0.1) is 0 Å². The summed E-state index contributed by atoms with van der Waals surface area (Å²) in [5.41, 5.74) is 1.65. The molecule has 0 aliphatic heterocycles. The Kier molecular flexibility index (Phi) is 3.71. The van der Waals surface area contributed by atoms with Gasteiger partial charge in [-0.25, -0.2) is 0 Å². The first kappa shape index (κ1) is 14.1. The van der Waals surface area contributed by atoms with E-state index >= 15 is 0 Å². The largest absolute Gasteiger partial charge is 0.425 e. The highest BCUT2D eigenvalue weighted by Crippen LogP contribution is 2.29. The van der Waals surface area contributed by atoms with Crippen LogP contribution in [0.5, 0.6) is 0 Å². The van der Waals surface area contributed by atoms with E-state index < -0.39 is 0 Å². The van der Waals surface area contributed by atoms with E-state index in [-0.39, 0.29) is 10.8 Å². The third-order valence-electron chi connectivity index (χ3n) is 3.01. The van der Waals surface area contributed by atoms with Crippen molar-refractivity contribution >= 4 is 11.3 Å². The molecule has 0 atom stereocenters. The summed E-state index contributed by atoms with van der Waals surface area (Å²) >= 11 is 1.59. The van der Waals surface area contributed by atoms with E-state index in [1.165, 1.54) is 0 Å². The summed E-state index contributed by atoms with van der Waals surface area (Å²) in [5, 5.41) is 17.3. The van der Waals surface area contributed by atoms with Gasteiger partial charge >= 0.3 is 0 Å². The molecule has 0 saturated heterocycles. The summed E-state index contributed by atoms with van der Waals surface area (Å²) in [5.74, 6) is 1.39. The van der Waals surface area contributed by atoms with Crippen LogP contribution in [0, 0.1) is 0 Å². The molecule has 0 N–H and O–H groups in total. The smallest absolute Gasteiger partial charge is 0.221 e. The minimum absolute atomic E-state index is 0.0163. The fraction of sp³-hybridized carbons (Fsp3) is 0.692. The molecule has 6 heteroatoms. The average molecular weight is 280 g/mol. The molecule has 19 heavy (non-hydrogen) atoms. The van der Waals surface area contributed by atoms with Gasteiger partial charge in [-0.3, -0.25) is 0 Å². The summed E-state index contributed by atoms with van der Waals surface area (Å²) < 4.78 is 5.71. The predicted octanol–water partition coefficient (Wildman–Crippen LogP) is 3.13. The molecule has 0 aliphatic carbocycles. The first-order valence-electron chi connectivity index (χ1n) is 6.38. The van der Waals surface area contributed by atoms with Crippen LogP contribution in [0.4, 0.5) is 0 Å². The summed E-state index contributed by atoms with van der Waals surface area (Å²) in [6.45, 7) is 10.5. The van der Waals surface area contributed by atoms with Gasteiger partial charge in [-0.1, -0.05) is 34.6 Å². The van der Waals surface area contributed by atoms with E-state index in [0.29, 0.717) is 11.8 Å². The number of aromatic nitrogens is 4. The zero-order valence-corrected chi connectivity index (χ0v) is 12.9. The zero-order chi connectivity index (χ0) is 14.1. The first-order valence-corrected chi connectivity index (χ1v) is 7.26. The second kappa shape index (κ2) is 5.00. The highest BCUT2D eigenvalue weighted by atomic mass is 32.1. The molecular formula is C13H20N4OS. The van der Waals surface area contributed by atoms with E-state index in [1.54, 1.807) is 16.8 Å². The fourth-order valence-corrected chi connectivity index (χ4v) is 2.36. The minimum Gasteiger partial charge on any atom is -0.425 e. The van der Waals surface area contributed by atoms with E-state index in [0.717, 1.165) is 17.8 Å². The monoisotopic (exact) mass is 280 g/mol. The lowest BCUT2D eigenvalue weighted by atomic mass is 9.89. The van der Waals surface area contributed by atoms with Gasteiger partial charge in [-0.2, -0.15) is 0 Å². The highest BCUT2D eigenvalue weighted by molar-refractivity contribution is 7.09. The average Bonchev–Trinajstić information content (AvgIpc) is 2.97. The van der Waals surface area contributed by atoms with Crippen molar-refractivity contribution in [2.45, 2.75) is 58.3 Å². The van der Waals surface area contributed by atoms with E-state index in [4.69, 9.17) is 4.42 Å². The lowest BCUT2D eigenvalue weighted by molar-refractivity contribution is 0.358. The Morgan fingerprint density at radius 2 is 1.84 bits per heavy atom. The van der Waals surface area contributed by atoms with Crippen molar-refractivity contribution in [3.63, 3.8) is 0 Å². The van der Waals surface area contributed by atoms with E-state index in [9.17, 15) is 0 Å². The molecule has 0 spiro atoms. The van der Waals surface area contributed by atoms with Crippen LogP contribution in [0.1, 0.15) is 57.8 Å². The lowest BCUT2D eigenvalue weighted by Crippen LogP contribution is -2.18. The second-order valence-corrected chi connectivity index (χ2v) is 7.21. The molecule has 0 radical (unpaired) electrons. The summed E-state index contributed by atoms with van der Waals surface area (Å²) in [7, 11) is 0. The molecule has 0 aliphatic rings. The molecule has 5 nitrogen and oxygen atoms in total. The zero-order valence-electron chi connectivity index (χ0n) is 12.1. The first-order chi connectivity index (χ1) is 8.79. The minimum atomic E-state index is -0.0972. The normalized spacial score (nSPS) is 12.9. The van der Waals surface area contributed by atoms with Crippen molar-refractivity contribution in [3.05, 3.63) is 22.3 Å². The van der Waals surface area contributed by atoms with Crippen molar-refractivity contribution in [2.24, 2.45) is 0 Å². The van der Waals surface area contributed by atoms with E-state index in [1.807, 2.05) is 0 Å². The summed E-state index contributed by atoms with van der Waals surface area (Å²) in [4.78, 5) is 0. The Morgan fingerprint density at radius 3 is 2.37 bits per heavy atom. The van der Waals surface area contributed by atoms with Gasteiger partial charge in [0.1, 0.15) is 10.5 Å². The van der Waals surface area contributed by atoms with E-state index in [2.05, 4.69) is 55.0 Å². The Bertz CT molecular complexity index is 525. The second-order valence-electron chi connectivity index (χ2n) is 6.38. The Hall–Kier alpha value is -1.30. The number of hydrogen-bond acceptors (Lipinski definition) is 6. The molecule has 0 aromatic carbocycles. The summed E-state index contributed by atoms with van der Waals surface area (Å²) in [6, 6.07) is 0. The molecule has 2 aromatic heterocycles. The van der Waals surface area contributed by atoms with Crippen LogP contribution in [-0.2, 0) is 17.3 Å². The number of rotatable bonds is 4. The van der Waals surface area contributed by atoms with Gasteiger partial charge in [0.2, 0.25) is 11.8 Å².